The highest BCUT2D eigenvalue weighted by molar-refractivity contribution is 5.22. The Morgan fingerprint density at radius 1 is 1.40 bits per heavy atom. The molecule has 0 nitrogen and oxygen atoms in total. The first kappa shape index (κ1) is 7.33. The van der Waals surface area contributed by atoms with Crippen molar-refractivity contribution in [2.75, 3.05) is 0 Å². The van der Waals surface area contributed by atoms with Crippen LogP contribution in [0.1, 0.15) is 20.3 Å². The zero-order chi connectivity index (χ0) is 7.40. The Morgan fingerprint density at radius 3 is 3.00 bits per heavy atom. The summed E-state index contributed by atoms with van der Waals surface area (Å²) in [4.78, 5) is 0. The van der Waals surface area contributed by atoms with E-state index < -0.39 is 0 Å². The van der Waals surface area contributed by atoms with E-state index in [-0.39, 0.29) is 0 Å². The van der Waals surface area contributed by atoms with Crippen LogP contribution in [0.5, 0.6) is 0 Å². The summed E-state index contributed by atoms with van der Waals surface area (Å²) < 4.78 is 0. The first-order valence-corrected chi connectivity index (χ1v) is 3.80. The second kappa shape index (κ2) is 3.40. The molecule has 0 heteroatoms. The molecular weight excluding hydrogens is 120 g/mol. The van der Waals surface area contributed by atoms with Crippen molar-refractivity contribution >= 4 is 0 Å². The van der Waals surface area contributed by atoms with Gasteiger partial charge < -0.3 is 0 Å². The molecule has 1 unspecified atom stereocenters. The first-order valence-electron chi connectivity index (χ1n) is 3.80. The molecule has 54 valence electrons. The summed E-state index contributed by atoms with van der Waals surface area (Å²) in [6.07, 6.45) is 12.1. The average Bonchev–Trinajstić information content (AvgIpc) is 1.90. The molecule has 0 N–H and O–H groups in total. The van der Waals surface area contributed by atoms with Crippen molar-refractivity contribution in [3.63, 3.8) is 0 Å². The van der Waals surface area contributed by atoms with Gasteiger partial charge in [0.1, 0.15) is 0 Å². The maximum Gasteiger partial charge on any atom is -0.0224 e. The van der Waals surface area contributed by atoms with Crippen molar-refractivity contribution in [2.45, 2.75) is 20.3 Å². The van der Waals surface area contributed by atoms with Gasteiger partial charge >= 0.3 is 0 Å². The minimum atomic E-state index is 0.694. The molecule has 0 saturated heterocycles. The van der Waals surface area contributed by atoms with Crippen LogP contribution in [0, 0.1) is 5.92 Å². The minimum absolute atomic E-state index is 0.694. The summed E-state index contributed by atoms with van der Waals surface area (Å²) in [6.45, 7) is 4.38. The van der Waals surface area contributed by atoms with Gasteiger partial charge in [0.05, 0.1) is 0 Å². The summed E-state index contributed by atoms with van der Waals surface area (Å²) in [6, 6.07) is 0. The van der Waals surface area contributed by atoms with E-state index in [0.717, 1.165) is 0 Å². The fourth-order valence-electron chi connectivity index (χ4n) is 0.980. The molecule has 0 aliphatic heterocycles. The lowest BCUT2D eigenvalue weighted by Crippen LogP contribution is -1.87. The van der Waals surface area contributed by atoms with Crippen molar-refractivity contribution in [3.05, 3.63) is 36.0 Å². The van der Waals surface area contributed by atoms with Gasteiger partial charge in [0, 0.05) is 0 Å². The molecule has 0 amide bonds. The fourth-order valence-corrected chi connectivity index (χ4v) is 0.980. The maximum absolute atomic E-state index is 2.28. The van der Waals surface area contributed by atoms with Crippen LogP contribution in [0.25, 0.3) is 0 Å². The van der Waals surface area contributed by atoms with Gasteiger partial charge in [-0.1, -0.05) is 42.9 Å². The Hall–Kier alpha value is -0.780. The molecular formula is C10H14. The molecule has 0 aromatic heterocycles. The molecule has 0 fully saturated rings. The van der Waals surface area contributed by atoms with Crippen LogP contribution in [0.15, 0.2) is 36.0 Å². The Labute approximate surface area is 62.9 Å². The van der Waals surface area contributed by atoms with Gasteiger partial charge in [-0.15, -0.1) is 0 Å². The molecule has 0 spiro atoms. The van der Waals surface area contributed by atoms with E-state index in [1.165, 1.54) is 12.0 Å². The van der Waals surface area contributed by atoms with E-state index in [2.05, 4.69) is 44.2 Å². The van der Waals surface area contributed by atoms with Crippen molar-refractivity contribution in [1.82, 2.24) is 0 Å². The lowest BCUT2D eigenvalue weighted by molar-refractivity contribution is 0.741. The highest BCUT2D eigenvalue weighted by Crippen LogP contribution is 2.10. The third-order valence-electron chi connectivity index (χ3n) is 1.72. The first-order chi connectivity index (χ1) is 4.79. The normalized spacial score (nSPS) is 37.0. The summed E-state index contributed by atoms with van der Waals surface area (Å²) in [5.74, 6) is 0.694. The van der Waals surface area contributed by atoms with Crippen LogP contribution in [0.3, 0.4) is 0 Å². The third-order valence-corrected chi connectivity index (χ3v) is 1.72. The second-order valence-corrected chi connectivity index (χ2v) is 2.91. The van der Waals surface area contributed by atoms with Crippen LogP contribution < -0.4 is 0 Å². The Balaban J connectivity index is 2.70. The average molecular weight is 134 g/mol. The summed E-state index contributed by atoms with van der Waals surface area (Å²) >= 11 is 0. The number of rotatable bonds is 0. The van der Waals surface area contributed by atoms with Gasteiger partial charge in [0.15, 0.2) is 0 Å². The zero-order valence-corrected chi connectivity index (χ0v) is 6.67. The Kier molecular flexibility index (Phi) is 2.49. The monoisotopic (exact) mass is 134 g/mol. The van der Waals surface area contributed by atoms with E-state index in [0.29, 0.717) is 5.92 Å². The maximum atomic E-state index is 2.28. The van der Waals surface area contributed by atoms with Crippen molar-refractivity contribution in [3.8, 4) is 0 Å². The van der Waals surface area contributed by atoms with Gasteiger partial charge in [-0.2, -0.15) is 0 Å². The molecule has 10 heavy (non-hydrogen) atoms. The van der Waals surface area contributed by atoms with Crippen LogP contribution in [0.2, 0.25) is 0 Å². The van der Waals surface area contributed by atoms with E-state index in [9.17, 15) is 0 Å². The molecule has 1 atom stereocenters. The summed E-state index contributed by atoms with van der Waals surface area (Å²) in [5.41, 5.74) is 1.37. The van der Waals surface area contributed by atoms with E-state index in [1.807, 2.05) is 0 Å². The van der Waals surface area contributed by atoms with E-state index in [4.69, 9.17) is 0 Å². The molecule has 0 heterocycles. The topological polar surface area (TPSA) is 0 Å². The smallest absolute Gasteiger partial charge is 0.0224 e. The second-order valence-electron chi connectivity index (χ2n) is 2.91. The number of allylic oxidation sites excluding steroid dienone is 6. The summed E-state index contributed by atoms with van der Waals surface area (Å²) in [7, 11) is 0. The summed E-state index contributed by atoms with van der Waals surface area (Å²) in [5, 5.41) is 0. The third kappa shape index (κ3) is 2.22. The minimum Gasteiger partial charge on any atom is -0.0814 e. The van der Waals surface area contributed by atoms with Crippen molar-refractivity contribution in [2.24, 2.45) is 5.92 Å². The van der Waals surface area contributed by atoms with E-state index in [1.54, 1.807) is 0 Å². The van der Waals surface area contributed by atoms with Gasteiger partial charge in [0.25, 0.3) is 0 Å². The predicted molar refractivity (Wildman–Crippen MR) is 45.8 cm³/mol. The van der Waals surface area contributed by atoms with Crippen molar-refractivity contribution in [1.29, 1.82) is 0 Å². The van der Waals surface area contributed by atoms with Crippen LogP contribution in [0.4, 0.5) is 0 Å². The lowest BCUT2D eigenvalue weighted by Gasteiger charge is -2.03. The number of hydrogen-bond donors (Lipinski definition) is 0. The molecule has 0 saturated carbocycles. The molecule has 0 radical (unpaired) electrons. The number of hydrogen-bond acceptors (Lipinski definition) is 0. The highest BCUT2D eigenvalue weighted by Gasteiger charge is 1.94. The lowest BCUT2D eigenvalue weighted by atomic mass is 10.0. The standard InChI is InChI=1S/C10H14/c1-9-5-3-4-6-10(2)8-7-9/h3-7,10H,8H2,1-2H3/b5-3-,6-4-,9-7+. The van der Waals surface area contributed by atoms with Gasteiger partial charge in [-0.05, 0) is 19.3 Å². The Bertz CT molecular complexity index is 182. The largest absolute Gasteiger partial charge is 0.0814 e. The molecule has 1 aliphatic carbocycles. The molecule has 1 rings (SSSR count). The van der Waals surface area contributed by atoms with Gasteiger partial charge in [-0.25, -0.2) is 0 Å². The van der Waals surface area contributed by atoms with Crippen LogP contribution in [-0.4, -0.2) is 0 Å². The van der Waals surface area contributed by atoms with Gasteiger partial charge in [0.2, 0.25) is 0 Å². The molecule has 0 bridgehead atoms. The van der Waals surface area contributed by atoms with Crippen LogP contribution >= 0.6 is 0 Å². The quantitative estimate of drug-likeness (QED) is 0.477. The SMILES string of the molecule is CC1=C\CC(C)\C=C/C=C\1. The van der Waals surface area contributed by atoms with Gasteiger partial charge in [-0.3, -0.25) is 0 Å². The Morgan fingerprint density at radius 2 is 2.20 bits per heavy atom. The van der Waals surface area contributed by atoms with E-state index >= 15 is 0 Å². The predicted octanol–water partition coefficient (Wildman–Crippen LogP) is 3.08. The molecule has 0 aromatic carbocycles. The zero-order valence-electron chi connectivity index (χ0n) is 6.67. The fraction of sp³-hybridized carbons (Fsp3) is 0.400. The molecule has 0 aromatic rings. The van der Waals surface area contributed by atoms with Crippen LogP contribution in [-0.2, 0) is 0 Å². The molecule has 1 aliphatic rings. The van der Waals surface area contributed by atoms with Crippen molar-refractivity contribution < 1.29 is 0 Å². The highest BCUT2D eigenvalue weighted by atomic mass is 14.0.